The van der Waals surface area contributed by atoms with Gasteiger partial charge in [0, 0.05) is 45.3 Å². The molecule has 196 valence electrons. The quantitative estimate of drug-likeness (QED) is 0.475. The molecule has 8 nitrogen and oxygen atoms in total. The first-order valence-electron chi connectivity index (χ1n) is 12.4. The van der Waals surface area contributed by atoms with Crippen LogP contribution in [0.3, 0.4) is 0 Å². The molecule has 0 aliphatic carbocycles. The number of amides is 1. The SMILES string of the molecule is Cc1ccc(/C=C/c2onc(C)c2S(=O)(=O)N2CCC(C(=O)NCc3ccc(N(C)C)cc3)CC2)cc1. The first kappa shape index (κ1) is 26.6. The van der Waals surface area contributed by atoms with Gasteiger partial charge in [0.25, 0.3) is 0 Å². The lowest BCUT2D eigenvalue weighted by molar-refractivity contribution is -0.126. The van der Waals surface area contributed by atoms with Crippen LogP contribution >= 0.6 is 0 Å². The van der Waals surface area contributed by atoms with Crippen molar-refractivity contribution in [3.63, 3.8) is 0 Å². The maximum absolute atomic E-state index is 13.5. The predicted octanol–water partition coefficient (Wildman–Crippen LogP) is 4.24. The van der Waals surface area contributed by atoms with Crippen molar-refractivity contribution in [2.45, 2.75) is 38.1 Å². The molecule has 0 radical (unpaired) electrons. The van der Waals surface area contributed by atoms with Gasteiger partial charge in [-0.3, -0.25) is 4.79 Å². The van der Waals surface area contributed by atoms with E-state index in [1.54, 1.807) is 13.0 Å². The van der Waals surface area contributed by atoms with Crippen molar-refractivity contribution in [2.75, 3.05) is 32.1 Å². The van der Waals surface area contributed by atoms with Crippen LogP contribution in [-0.4, -0.2) is 51.0 Å². The Morgan fingerprint density at radius 3 is 2.32 bits per heavy atom. The van der Waals surface area contributed by atoms with Crippen molar-refractivity contribution in [1.29, 1.82) is 0 Å². The van der Waals surface area contributed by atoms with Gasteiger partial charge in [-0.25, -0.2) is 8.42 Å². The van der Waals surface area contributed by atoms with E-state index in [0.29, 0.717) is 25.1 Å². The lowest BCUT2D eigenvalue weighted by Gasteiger charge is -2.30. The molecule has 0 atom stereocenters. The number of carbonyl (C=O) groups excluding carboxylic acids is 1. The van der Waals surface area contributed by atoms with E-state index in [0.717, 1.165) is 22.4 Å². The van der Waals surface area contributed by atoms with Crippen molar-refractivity contribution >= 4 is 33.8 Å². The van der Waals surface area contributed by atoms with E-state index < -0.39 is 10.0 Å². The molecule has 1 aliphatic heterocycles. The summed E-state index contributed by atoms with van der Waals surface area (Å²) in [5.74, 6) is -0.0631. The number of sulfonamides is 1. The van der Waals surface area contributed by atoms with E-state index in [1.807, 2.05) is 80.5 Å². The standard InChI is InChI=1S/C28H34N4O4S/c1-20-5-7-22(8-6-20)11-14-26-27(21(2)30-36-26)37(34,35)32-17-15-24(16-18-32)28(33)29-19-23-9-12-25(13-10-23)31(3)4/h5-14,24H,15-19H2,1-4H3,(H,29,33)/b14-11+. The lowest BCUT2D eigenvalue weighted by atomic mass is 9.97. The molecule has 3 aromatic rings. The fourth-order valence-electron chi connectivity index (χ4n) is 4.38. The molecule has 1 aliphatic rings. The van der Waals surface area contributed by atoms with Crippen molar-refractivity contribution in [3.05, 3.63) is 76.7 Å². The maximum atomic E-state index is 13.5. The largest absolute Gasteiger partial charge is 0.378 e. The smallest absolute Gasteiger partial charge is 0.248 e. The van der Waals surface area contributed by atoms with Crippen LogP contribution in [0.2, 0.25) is 0 Å². The maximum Gasteiger partial charge on any atom is 0.248 e. The minimum atomic E-state index is -3.82. The number of rotatable bonds is 8. The van der Waals surface area contributed by atoms with E-state index >= 15 is 0 Å². The summed E-state index contributed by atoms with van der Waals surface area (Å²) in [6.07, 6.45) is 4.37. The number of nitrogens with zero attached hydrogens (tertiary/aromatic N) is 3. The number of aromatic nitrogens is 1. The van der Waals surface area contributed by atoms with Gasteiger partial charge >= 0.3 is 0 Å². The van der Waals surface area contributed by atoms with Crippen LogP contribution in [0.25, 0.3) is 12.2 Å². The second kappa shape index (κ2) is 11.3. The minimum Gasteiger partial charge on any atom is -0.378 e. The molecule has 0 saturated carbocycles. The molecule has 4 rings (SSSR count). The zero-order valence-corrected chi connectivity index (χ0v) is 22.6. The summed E-state index contributed by atoms with van der Waals surface area (Å²) >= 11 is 0. The molecule has 0 spiro atoms. The molecule has 1 fully saturated rings. The molecule has 37 heavy (non-hydrogen) atoms. The average molecular weight is 523 g/mol. The first-order valence-corrected chi connectivity index (χ1v) is 13.8. The molecular formula is C28H34N4O4S. The van der Waals surface area contributed by atoms with Crippen LogP contribution in [-0.2, 0) is 21.4 Å². The van der Waals surface area contributed by atoms with Gasteiger partial charge in [0.2, 0.25) is 15.9 Å². The number of anilines is 1. The second-order valence-corrected chi connectivity index (χ2v) is 11.5. The fraction of sp³-hybridized carbons (Fsp3) is 0.357. The van der Waals surface area contributed by atoms with Crippen LogP contribution < -0.4 is 10.2 Å². The summed E-state index contributed by atoms with van der Waals surface area (Å²) in [7, 11) is 0.149. The number of hydrogen-bond acceptors (Lipinski definition) is 6. The Labute approximate surface area is 219 Å². The highest BCUT2D eigenvalue weighted by molar-refractivity contribution is 7.89. The molecule has 0 bridgehead atoms. The number of piperidine rings is 1. The number of benzene rings is 2. The van der Waals surface area contributed by atoms with Gasteiger partial charge in [-0.2, -0.15) is 4.31 Å². The third kappa shape index (κ3) is 6.29. The molecule has 1 saturated heterocycles. The molecule has 2 heterocycles. The topological polar surface area (TPSA) is 95.8 Å². The number of aryl methyl sites for hydroxylation is 2. The average Bonchev–Trinajstić information content (AvgIpc) is 3.28. The van der Waals surface area contributed by atoms with Gasteiger partial charge in [-0.1, -0.05) is 53.2 Å². The Hall–Kier alpha value is -3.43. The Morgan fingerprint density at radius 1 is 1.05 bits per heavy atom. The highest BCUT2D eigenvalue weighted by atomic mass is 32.2. The second-order valence-electron chi connectivity index (χ2n) is 9.66. The van der Waals surface area contributed by atoms with E-state index in [1.165, 1.54) is 4.31 Å². The first-order chi connectivity index (χ1) is 17.6. The van der Waals surface area contributed by atoms with Crippen molar-refractivity contribution in [2.24, 2.45) is 5.92 Å². The summed E-state index contributed by atoms with van der Waals surface area (Å²) in [5.41, 5.74) is 4.52. The Bertz CT molecular complexity index is 1350. The van der Waals surface area contributed by atoms with Gasteiger partial charge in [0.05, 0.1) is 0 Å². The molecule has 0 unspecified atom stereocenters. The van der Waals surface area contributed by atoms with Crippen LogP contribution in [0.1, 0.15) is 41.0 Å². The zero-order chi connectivity index (χ0) is 26.6. The Balaban J connectivity index is 1.37. The summed E-state index contributed by atoms with van der Waals surface area (Å²) in [4.78, 5) is 14.9. The fourth-order valence-corrected chi connectivity index (χ4v) is 6.10. The Morgan fingerprint density at radius 2 is 1.70 bits per heavy atom. The summed E-state index contributed by atoms with van der Waals surface area (Å²) in [6, 6.07) is 15.9. The molecule has 9 heteroatoms. The monoisotopic (exact) mass is 522 g/mol. The number of nitrogens with one attached hydrogen (secondary N) is 1. The van der Waals surface area contributed by atoms with Crippen molar-refractivity contribution in [3.8, 4) is 0 Å². The van der Waals surface area contributed by atoms with Gasteiger partial charge < -0.3 is 14.7 Å². The highest BCUT2D eigenvalue weighted by Crippen LogP contribution is 2.29. The molecule has 2 aromatic carbocycles. The van der Waals surface area contributed by atoms with E-state index in [9.17, 15) is 13.2 Å². The van der Waals surface area contributed by atoms with Gasteiger partial charge in [0.1, 0.15) is 5.69 Å². The minimum absolute atomic E-state index is 0.0448. The number of carbonyl (C=O) groups is 1. The third-order valence-corrected chi connectivity index (χ3v) is 8.74. The summed E-state index contributed by atoms with van der Waals surface area (Å²) in [6.45, 7) is 4.62. The summed E-state index contributed by atoms with van der Waals surface area (Å²) in [5, 5.41) is 6.91. The molecule has 1 N–H and O–H groups in total. The highest BCUT2D eigenvalue weighted by Gasteiger charge is 2.35. The number of hydrogen-bond donors (Lipinski definition) is 1. The van der Waals surface area contributed by atoms with Crippen LogP contribution in [0.15, 0.2) is 57.9 Å². The predicted molar refractivity (Wildman–Crippen MR) is 145 cm³/mol. The summed E-state index contributed by atoms with van der Waals surface area (Å²) < 4.78 is 33.8. The van der Waals surface area contributed by atoms with Gasteiger partial charge in [-0.05, 0) is 56.0 Å². The van der Waals surface area contributed by atoms with E-state index in [4.69, 9.17) is 4.52 Å². The van der Waals surface area contributed by atoms with Crippen molar-refractivity contribution in [1.82, 2.24) is 14.8 Å². The van der Waals surface area contributed by atoms with Crippen LogP contribution in [0.4, 0.5) is 5.69 Å². The van der Waals surface area contributed by atoms with Crippen LogP contribution in [0, 0.1) is 19.8 Å². The molecule has 1 amide bonds. The van der Waals surface area contributed by atoms with Crippen molar-refractivity contribution < 1.29 is 17.7 Å². The molecular weight excluding hydrogens is 488 g/mol. The lowest BCUT2D eigenvalue weighted by Crippen LogP contribution is -2.43. The van der Waals surface area contributed by atoms with E-state index in [2.05, 4.69) is 10.5 Å². The normalized spacial score (nSPS) is 15.2. The van der Waals surface area contributed by atoms with Gasteiger partial charge in [-0.15, -0.1) is 0 Å². The zero-order valence-electron chi connectivity index (χ0n) is 21.8. The third-order valence-electron chi connectivity index (χ3n) is 6.68. The Kier molecular flexibility index (Phi) is 8.14. The van der Waals surface area contributed by atoms with E-state index in [-0.39, 0.29) is 35.6 Å². The van der Waals surface area contributed by atoms with Crippen LogP contribution in [0.5, 0.6) is 0 Å². The molecule has 1 aromatic heterocycles. The van der Waals surface area contributed by atoms with Gasteiger partial charge in [0.15, 0.2) is 10.7 Å².